The molecule has 22 heavy (non-hydrogen) atoms. The Bertz CT molecular complexity index is 414. The molecule has 0 spiro atoms. The maximum Gasteiger partial charge on any atom is 0.328 e. The van der Waals surface area contributed by atoms with Crippen LogP contribution in [0.1, 0.15) is 61.8 Å². The van der Waals surface area contributed by atoms with Crippen molar-refractivity contribution >= 4 is 20.3 Å². The van der Waals surface area contributed by atoms with E-state index < -0.39 is 20.3 Å². The molecule has 0 rings (SSSR count). The van der Waals surface area contributed by atoms with Crippen LogP contribution in [0.4, 0.5) is 0 Å². The highest BCUT2D eigenvalue weighted by Gasteiger charge is 2.56. The molecular formula is C17H32O4Si. The van der Waals surface area contributed by atoms with Gasteiger partial charge in [-0.3, -0.25) is 0 Å². The lowest BCUT2D eigenvalue weighted by Gasteiger charge is -2.49. The maximum atomic E-state index is 12.2. The van der Waals surface area contributed by atoms with E-state index in [2.05, 4.69) is 55.4 Å². The fourth-order valence-corrected chi connectivity index (χ4v) is 10.5. The van der Waals surface area contributed by atoms with Gasteiger partial charge in [-0.1, -0.05) is 55.4 Å². The minimum Gasteiger partial charge on any atom is -0.515 e. The van der Waals surface area contributed by atoms with E-state index in [1.165, 1.54) is 0 Å². The summed E-state index contributed by atoms with van der Waals surface area (Å²) >= 11 is 0. The highest BCUT2D eigenvalue weighted by atomic mass is 28.4. The highest BCUT2D eigenvalue weighted by Crippen LogP contribution is 2.54. The standard InChI is InChI=1S/C17H32O4Si/c1-12(2)11-17(7,8)22(13(3)4,14(5)6)21-16(20)10-9-15(18)19/h9-10,12-14H,11H2,1-8H3,(H,18,19)/b10-9+. The fraction of sp³-hybridized carbons (Fsp3) is 0.765. The van der Waals surface area contributed by atoms with Crippen molar-refractivity contribution in [3.63, 3.8) is 0 Å². The van der Waals surface area contributed by atoms with Gasteiger partial charge in [0, 0.05) is 12.2 Å². The first-order valence-corrected chi connectivity index (χ1v) is 10.1. The second kappa shape index (κ2) is 7.95. The number of carboxylic acid groups (broad SMARTS) is 1. The molecule has 0 fully saturated rings. The zero-order valence-corrected chi connectivity index (χ0v) is 16.3. The third kappa shape index (κ3) is 4.97. The molecule has 5 heteroatoms. The van der Waals surface area contributed by atoms with Crippen LogP contribution in [0.3, 0.4) is 0 Å². The molecule has 0 radical (unpaired) electrons. The SMILES string of the molecule is CC(C)CC(C)(C)[Si](OC(=O)/C=C/C(=O)O)(C(C)C)C(C)C. The minimum absolute atomic E-state index is 0.0871. The van der Waals surface area contributed by atoms with Gasteiger partial charge in [-0.15, -0.1) is 0 Å². The van der Waals surface area contributed by atoms with Crippen LogP contribution in [-0.4, -0.2) is 25.4 Å². The first-order chi connectivity index (χ1) is 9.86. The molecule has 0 aromatic rings. The summed E-state index contributed by atoms with van der Waals surface area (Å²) < 4.78 is 6.03. The van der Waals surface area contributed by atoms with Crippen molar-refractivity contribution in [3.8, 4) is 0 Å². The molecule has 0 bridgehead atoms. The number of rotatable bonds is 8. The smallest absolute Gasteiger partial charge is 0.328 e. The summed E-state index contributed by atoms with van der Waals surface area (Å²) in [6.07, 6.45) is 2.85. The van der Waals surface area contributed by atoms with E-state index in [1.807, 2.05) is 0 Å². The second-order valence-corrected chi connectivity index (χ2v) is 13.1. The van der Waals surface area contributed by atoms with Crippen LogP contribution in [0, 0.1) is 5.92 Å². The van der Waals surface area contributed by atoms with Crippen molar-refractivity contribution in [1.29, 1.82) is 0 Å². The van der Waals surface area contributed by atoms with Gasteiger partial charge in [0.25, 0.3) is 8.32 Å². The lowest BCUT2D eigenvalue weighted by molar-refractivity contribution is -0.133. The molecule has 0 aliphatic rings. The maximum absolute atomic E-state index is 12.2. The number of carbonyl (C=O) groups is 2. The number of hydrogen-bond donors (Lipinski definition) is 1. The van der Waals surface area contributed by atoms with Crippen molar-refractivity contribution < 1.29 is 19.1 Å². The summed E-state index contributed by atoms with van der Waals surface area (Å²) in [7, 11) is -2.47. The normalized spacial score (nSPS) is 13.4. The lowest BCUT2D eigenvalue weighted by atomic mass is 10.00. The molecule has 0 aliphatic heterocycles. The molecule has 128 valence electrons. The molecule has 0 saturated carbocycles. The van der Waals surface area contributed by atoms with E-state index in [4.69, 9.17) is 9.53 Å². The van der Waals surface area contributed by atoms with Gasteiger partial charge in [0.15, 0.2) is 0 Å². The Morgan fingerprint density at radius 1 is 1.05 bits per heavy atom. The number of carboxylic acids is 1. The van der Waals surface area contributed by atoms with Crippen LogP contribution in [0.5, 0.6) is 0 Å². The summed E-state index contributed by atoms with van der Waals surface area (Å²) in [6, 6.07) is 0. The van der Waals surface area contributed by atoms with Gasteiger partial charge < -0.3 is 9.53 Å². The summed E-state index contributed by atoms with van der Waals surface area (Å²) in [5.74, 6) is -1.17. The van der Waals surface area contributed by atoms with Gasteiger partial charge in [-0.25, -0.2) is 9.59 Å². The van der Waals surface area contributed by atoms with Gasteiger partial charge in [-0.2, -0.15) is 0 Å². The zero-order valence-electron chi connectivity index (χ0n) is 15.3. The molecule has 0 aromatic carbocycles. The fourth-order valence-electron chi connectivity index (χ4n) is 4.12. The predicted molar refractivity (Wildman–Crippen MR) is 92.3 cm³/mol. The molecule has 0 atom stereocenters. The van der Waals surface area contributed by atoms with Crippen LogP contribution in [0.15, 0.2) is 12.2 Å². The van der Waals surface area contributed by atoms with E-state index >= 15 is 0 Å². The van der Waals surface area contributed by atoms with Crippen molar-refractivity contribution in [3.05, 3.63) is 12.2 Å². The zero-order chi connectivity index (χ0) is 17.7. The summed E-state index contributed by atoms with van der Waals surface area (Å²) in [4.78, 5) is 22.8. The predicted octanol–water partition coefficient (Wildman–Crippen LogP) is 4.76. The topological polar surface area (TPSA) is 63.6 Å². The molecule has 0 aromatic heterocycles. The summed E-state index contributed by atoms with van der Waals surface area (Å²) in [6.45, 7) is 17.2. The van der Waals surface area contributed by atoms with Crippen LogP contribution < -0.4 is 0 Å². The monoisotopic (exact) mass is 328 g/mol. The third-order valence-corrected chi connectivity index (χ3v) is 10.6. The molecular weight excluding hydrogens is 296 g/mol. The van der Waals surface area contributed by atoms with Crippen molar-refractivity contribution in [2.24, 2.45) is 5.92 Å². The van der Waals surface area contributed by atoms with Crippen molar-refractivity contribution in [2.75, 3.05) is 0 Å². The molecule has 1 N–H and O–H groups in total. The Hall–Kier alpha value is -1.10. The first kappa shape index (κ1) is 20.9. The quantitative estimate of drug-likeness (QED) is 0.515. The largest absolute Gasteiger partial charge is 0.515 e. The lowest BCUT2D eigenvalue weighted by Crippen LogP contribution is -2.55. The Morgan fingerprint density at radius 3 is 1.82 bits per heavy atom. The Balaban J connectivity index is 5.71. The van der Waals surface area contributed by atoms with E-state index in [0.29, 0.717) is 5.92 Å². The van der Waals surface area contributed by atoms with Crippen molar-refractivity contribution in [1.82, 2.24) is 0 Å². The number of carbonyl (C=O) groups excluding carboxylic acids is 1. The highest BCUT2D eigenvalue weighted by molar-refractivity contribution is 6.80. The molecule has 0 saturated heterocycles. The van der Waals surface area contributed by atoms with E-state index in [9.17, 15) is 9.59 Å². The van der Waals surface area contributed by atoms with E-state index in [1.54, 1.807) is 0 Å². The molecule has 0 amide bonds. The first-order valence-electron chi connectivity index (χ1n) is 8.00. The van der Waals surface area contributed by atoms with Gasteiger partial charge >= 0.3 is 11.9 Å². The van der Waals surface area contributed by atoms with Crippen LogP contribution in [0.25, 0.3) is 0 Å². The Labute approximate surface area is 136 Å². The van der Waals surface area contributed by atoms with Gasteiger partial charge in [-0.05, 0) is 28.5 Å². The van der Waals surface area contributed by atoms with Gasteiger partial charge in [0.2, 0.25) is 0 Å². The molecule has 0 unspecified atom stereocenters. The third-order valence-electron chi connectivity index (χ3n) is 4.32. The van der Waals surface area contributed by atoms with E-state index in [-0.39, 0.29) is 16.1 Å². The second-order valence-electron chi connectivity index (χ2n) is 7.68. The Kier molecular flexibility index (Phi) is 7.55. The van der Waals surface area contributed by atoms with Crippen molar-refractivity contribution in [2.45, 2.75) is 77.9 Å². The summed E-state index contributed by atoms with van der Waals surface area (Å²) in [5.41, 5.74) is 0.506. The number of aliphatic carboxylic acids is 1. The van der Waals surface area contributed by atoms with E-state index in [0.717, 1.165) is 18.6 Å². The molecule has 0 heterocycles. The summed E-state index contributed by atoms with van der Waals surface area (Å²) in [5, 5.41) is 8.59. The average Bonchev–Trinajstić information content (AvgIpc) is 2.30. The van der Waals surface area contributed by atoms with Crippen LogP contribution >= 0.6 is 0 Å². The average molecular weight is 329 g/mol. The Morgan fingerprint density at radius 2 is 1.50 bits per heavy atom. The van der Waals surface area contributed by atoms with Crippen LogP contribution in [0.2, 0.25) is 16.1 Å². The van der Waals surface area contributed by atoms with Gasteiger partial charge in [0.1, 0.15) is 0 Å². The van der Waals surface area contributed by atoms with Crippen LogP contribution in [-0.2, 0) is 14.0 Å². The molecule has 0 aliphatic carbocycles. The minimum atomic E-state index is -2.47. The number of hydrogen-bond acceptors (Lipinski definition) is 3. The molecule has 4 nitrogen and oxygen atoms in total. The van der Waals surface area contributed by atoms with Gasteiger partial charge in [0.05, 0.1) is 0 Å².